The van der Waals surface area contributed by atoms with E-state index in [1.165, 1.54) is 66.0 Å². The van der Waals surface area contributed by atoms with Gasteiger partial charge in [-0.25, -0.2) is 0 Å². The molecule has 0 aliphatic carbocycles. The van der Waals surface area contributed by atoms with Crippen molar-refractivity contribution in [3.05, 3.63) is 126 Å². The monoisotopic (exact) mass is 638 g/mol. The summed E-state index contributed by atoms with van der Waals surface area (Å²) in [4.78, 5) is 10.5. The molecule has 0 spiro atoms. The van der Waals surface area contributed by atoms with E-state index in [4.69, 9.17) is 9.97 Å². The van der Waals surface area contributed by atoms with Gasteiger partial charge in [0.2, 0.25) is 0 Å². The van der Waals surface area contributed by atoms with Crippen LogP contribution >= 0.6 is 31.2 Å². The van der Waals surface area contributed by atoms with Crippen molar-refractivity contribution in [1.29, 1.82) is 0 Å². The third-order valence-electron chi connectivity index (χ3n) is 8.29. The molecule has 0 saturated carbocycles. The van der Waals surface area contributed by atoms with Crippen LogP contribution in [0.2, 0.25) is 0 Å². The van der Waals surface area contributed by atoms with E-state index in [9.17, 15) is 0 Å². The Balaban J connectivity index is 1.22. The molecule has 2 nitrogen and oxygen atoms in total. The van der Waals surface area contributed by atoms with Gasteiger partial charge in [-0.2, -0.15) is 0 Å². The van der Waals surface area contributed by atoms with Gasteiger partial charge in [0.1, 0.15) is 0 Å². The Hall–Kier alpha value is -4.13. The molecular weight excluding hydrogens is 619 g/mol. The van der Waals surface area contributed by atoms with Gasteiger partial charge in [-0.15, -0.1) is 0 Å². The van der Waals surface area contributed by atoms with E-state index < -0.39 is 19.8 Å². The minimum absolute atomic E-state index is 0.984. The molecule has 6 aromatic carbocycles. The van der Waals surface area contributed by atoms with Gasteiger partial charge in [0.15, 0.2) is 0 Å². The van der Waals surface area contributed by atoms with Crippen LogP contribution in [-0.4, -0.2) is 9.97 Å². The average molecular weight is 639 g/mol. The van der Waals surface area contributed by atoms with Crippen LogP contribution in [0.15, 0.2) is 115 Å². The normalized spacial score (nSPS) is 13.8. The summed E-state index contributed by atoms with van der Waals surface area (Å²) < 4.78 is 7.14. The van der Waals surface area contributed by atoms with Crippen molar-refractivity contribution in [2.24, 2.45) is 0 Å². The molecule has 0 N–H and O–H groups in total. The van der Waals surface area contributed by atoms with Crippen molar-refractivity contribution in [2.75, 3.05) is 0 Å². The molecule has 10 rings (SSSR count). The van der Waals surface area contributed by atoms with Gasteiger partial charge in [0, 0.05) is 0 Å². The van der Waals surface area contributed by atoms with Crippen molar-refractivity contribution in [3.8, 4) is 33.5 Å². The number of halogens is 1. The Bertz CT molecular complexity index is 2400. The van der Waals surface area contributed by atoms with E-state index >= 15 is 0 Å². The fourth-order valence-corrected chi connectivity index (χ4v) is 15.3. The van der Waals surface area contributed by atoms with Crippen LogP contribution in [0.4, 0.5) is 0 Å². The van der Waals surface area contributed by atoms with Gasteiger partial charge in [-0.3, -0.25) is 0 Å². The third-order valence-corrected chi connectivity index (χ3v) is 16.1. The zero-order valence-corrected chi connectivity index (χ0v) is 24.1. The van der Waals surface area contributed by atoms with Crippen LogP contribution in [0.5, 0.6) is 0 Å². The number of hydrogen-bond acceptors (Lipinski definition) is 3. The summed E-state index contributed by atoms with van der Waals surface area (Å²) in [5.74, 6) is 0. The van der Waals surface area contributed by atoms with Crippen LogP contribution < -0.4 is 0 Å². The van der Waals surface area contributed by atoms with E-state index in [-0.39, 0.29) is 0 Å². The van der Waals surface area contributed by atoms with Crippen molar-refractivity contribution < 1.29 is 0 Å². The second-order valence-electron chi connectivity index (χ2n) is 10.5. The van der Waals surface area contributed by atoms with E-state index in [2.05, 4.69) is 115 Å². The Morgan fingerprint density at radius 2 is 1.25 bits per heavy atom. The summed E-state index contributed by atoms with van der Waals surface area (Å²) in [5.41, 5.74) is 9.76. The van der Waals surface area contributed by atoms with Crippen LogP contribution in [-0.2, 0) is 0 Å². The average Bonchev–Trinajstić information content (AvgIpc) is 3.66. The predicted molar refractivity (Wildman–Crippen MR) is 176 cm³/mol. The first-order valence-electron chi connectivity index (χ1n) is 13.4. The van der Waals surface area contributed by atoms with Crippen LogP contribution in [0.25, 0.3) is 75.5 Å². The summed E-state index contributed by atoms with van der Waals surface area (Å²) in [6.07, 6.45) is 0. The van der Waals surface area contributed by atoms with Crippen molar-refractivity contribution in [2.45, 2.75) is 0 Å². The van der Waals surface area contributed by atoms with Crippen molar-refractivity contribution in [1.82, 2.24) is 9.97 Å². The molecule has 40 heavy (non-hydrogen) atoms. The van der Waals surface area contributed by atoms with Gasteiger partial charge in [-0.1, -0.05) is 0 Å². The summed E-state index contributed by atoms with van der Waals surface area (Å²) in [5, 5.41) is 5.28. The fourth-order valence-electron chi connectivity index (χ4n) is 6.43. The van der Waals surface area contributed by atoms with E-state index in [1.54, 1.807) is 3.57 Å². The molecule has 4 heteroatoms. The summed E-state index contributed by atoms with van der Waals surface area (Å²) >= 11 is -0.0163. The molecule has 8 aromatic rings. The standard InChI is InChI=1S/C36H19IN2S/c1-2-7-21-18-22(13-12-20(21)6-1)23-14-15-24-27-17-16-26-25-8-5-9-28-32(25)37(33(26)35(27)40-31(24)19-23)36-34(28)38-29-10-3-4-11-30(29)39-36/h1-19H. The molecule has 0 atom stereocenters. The van der Waals surface area contributed by atoms with Gasteiger partial charge < -0.3 is 0 Å². The molecule has 2 aromatic heterocycles. The quantitative estimate of drug-likeness (QED) is 0.167. The van der Waals surface area contributed by atoms with E-state index in [1.807, 2.05) is 11.3 Å². The second-order valence-corrected chi connectivity index (χ2v) is 16.3. The molecule has 2 aliphatic heterocycles. The van der Waals surface area contributed by atoms with Gasteiger partial charge in [0.25, 0.3) is 0 Å². The number of fused-ring (bicyclic) bond motifs is 12. The van der Waals surface area contributed by atoms with Gasteiger partial charge >= 0.3 is 243 Å². The molecule has 0 radical (unpaired) electrons. The first-order chi connectivity index (χ1) is 19.8. The van der Waals surface area contributed by atoms with Crippen LogP contribution in [0.1, 0.15) is 0 Å². The number of thiophene rings is 1. The molecule has 0 bridgehead atoms. The molecule has 0 amide bonds. The van der Waals surface area contributed by atoms with E-state index in [0.29, 0.717) is 0 Å². The number of rotatable bonds is 1. The molecular formula is C36H19IN2S. The van der Waals surface area contributed by atoms with Gasteiger partial charge in [-0.05, 0) is 0 Å². The Morgan fingerprint density at radius 3 is 2.17 bits per heavy atom. The number of aromatic nitrogens is 2. The Labute approximate surface area is 241 Å². The topological polar surface area (TPSA) is 25.8 Å². The SMILES string of the molecule is c1cc2c3c(c1)-c1nc4ccccc4nc1I3c1c-2ccc2c1sc1cc(-c3ccc4ccccc4c3)ccc12. The molecule has 0 saturated heterocycles. The van der Waals surface area contributed by atoms with Crippen LogP contribution in [0, 0.1) is 10.8 Å². The summed E-state index contributed by atoms with van der Waals surface area (Å²) in [7, 11) is 0. The maximum absolute atomic E-state index is 5.31. The number of benzene rings is 6. The number of hydrogen-bond donors (Lipinski definition) is 0. The summed E-state index contributed by atoms with van der Waals surface area (Å²) in [6.45, 7) is 0. The molecule has 0 fully saturated rings. The number of para-hydroxylation sites is 2. The third kappa shape index (κ3) is 2.77. The molecule has 4 heterocycles. The molecule has 186 valence electrons. The number of nitrogens with zero attached hydrogens (tertiary/aromatic N) is 2. The zero-order chi connectivity index (χ0) is 25.9. The van der Waals surface area contributed by atoms with E-state index in [0.717, 1.165) is 16.7 Å². The second kappa shape index (κ2) is 7.74. The first-order valence-corrected chi connectivity index (χ1v) is 17.5. The van der Waals surface area contributed by atoms with Crippen molar-refractivity contribution >= 4 is 73.1 Å². The fraction of sp³-hybridized carbons (Fsp3) is 0. The molecule has 2 aliphatic rings. The Kier molecular flexibility index (Phi) is 4.19. The Morgan fingerprint density at radius 1 is 0.525 bits per heavy atom. The first kappa shape index (κ1) is 21.7. The minimum atomic E-state index is -1.98. The molecule has 0 unspecified atom stereocenters. The predicted octanol–water partition coefficient (Wildman–Crippen LogP) is 10.2. The van der Waals surface area contributed by atoms with Crippen molar-refractivity contribution in [3.63, 3.8) is 0 Å². The zero-order valence-electron chi connectivity index (χ0n) is 21.2. The maximum atomic E-state index is 5.31. The summed E-state index contributed by atoms with van der Waals surface area (Å²) in [6, 6.07) is 42.2. The van der Waals surface area contributed by atoms with Crippen LogP contribution in [0.3, 0.4) is 0 Å². The van der Waals surface area contributed by atoms with Gasteiger partial charge in [0.05, 0.1) is 0 Å².